The lowest BCUT2D eigenvalue weighted by Crippen LogP contribution is -2.61. The molecule has 11 unspecified atom stereocenters. The maximum atomic E-state index is 12.9. The molecule has 0 aromatic heterocycles. The highest BCUT2D eigenvalue weighted by Gasteiger charge is 2.47. The third-order valence-corrected chi connectivity index (χ3v) is 10.3. The summed E-state index contributed by atoms with van der Waals surface area (Å²) in [4.78, 5) is 25.5. The van der Waals surface area contributed by atoms with Crippen LogP contribution in [0.5, 0.6) is 0 Å². The molecular weight excluding hydrogens is 780 g/mol. The van der Waals surface area contributed by atoms with Gasteiger partial charge in [-0.2, -0.15) is 0 Å². The van der Waals surface area contributed by atoms with Gasteiger partial charge in [-0.3, -0.25) is 9.59 Å². The van der Waals surface area contributed by atoms with Crippen molar-refractivity contribution in [3.05, 3.63) is 48.6 Å². The van der Waals surface area contributed by atoms with Crippen LogP contribution >= 0.6 is 0 Å². The third-order valence-electron chi connectivity index (χ3n) is 10.3. The van der Waals surface area contributed by atoms with Crippen molar-refractivity contribution in [1.82, 2.24) is 0 Å². The highest BCUT2D eigenvalue weighted by atomic mass is 16.7. The fourth-order valence-corrected chi connectivity index (χ4v) is 6.62. The number of esters is 2. The summed E-state index contributed by atoms with van der Waals surface area (Å²) in [6.45, 7) is 2.37. The van der Waals surface area contributed by atoms with Gasteiger partial charge in [-0.05, 0) is 51.4 Å². The smallest absolute Gasteiger partial charge is 0.306 e. The first-order chi connectivity index (χ1) is 29.0. The fourth-order valence-electron chi connectivity index (χ4n) is 6.62. The van der Waals surface area contributed by atoms with E-state index in [9.17, 15) is 45.3 Å². The maximum Gasteiger partial charge on any atom is 0.306 e. The minimum absolute atomic E-state index is 0.112. The Labute approximate surface area is 357 Å². The Bertz CT molecular complexity index is 1240. The van der Waals surface area contributed by atoms with E-state index in [1.54, 1.807) is 0 Å². The zero-order valence-electron chi connectivity index (χ0n) is 35.9. The van der Waals surface area contributed by atoms with Crippen LogP contribution in [0, 0.1) is 0 Å². The van der Waals surface area contributed by atoms with Crippen molar-refractivity contribution in [2.45, 2.75) is 197 Å². The van der Waals surface area contributed by atoms with E-state index in [0.29, 0.717) is 12.8 Å². The zero-order valence-corrected chi connectivity index (χ0v) is 35.9. The van der Waals surface area contributed by atoms with Crippen molar-refractivity contribution in [3.8, 4) is 0 Å². The molecule has 60 heavy (non-hydrogen) atoms. The van der Waals surface area contributed by atoms with Crippen LogP contribution in [0.15, 0.2) is 48.6 Å². The molecule has 0 spiro atoms. The number of unbranched alkanes of at least 4 members (excludes halogenated alkanes) is 10. The van der Waals surface area contributed by atoms with Crippen molar-refractivity contribution in [2.75, 3.05) is 26.4 Å². The van der Waals surface area contributed by atoms with Gasteiger partial charge in [-0.1, -0.05) is 114 Å². The molecular formula is C45H76O15. The van der Waals surface area contributed by atoms with E-state index in [2.05, 4.69) is 62.5 Å². The monoisotopic (exact) mass is 857 g/mol. The standard InChI is InChI=1S/C45H76O15/c1-3-5-7-9-11-13-14-15-16-17-18-20-22-24-26-28-37(48)58-33(30-55-36(47)27-25-23-21-19-12-10-8-6-4-2)31-56-44-43(54)41(52)39(50)35(60-44)32-57-45-42(53)40(51)38(49)34(29-46)59-45/h5,7,11,13,15-16,18,20,33-35,38-46,49-54H,3-4,6,8-10,12,14,17,19,21-32H2,1-2H3/b7-5-,13-11-,16-15-,20-18-. The number of aliphatic hydroxyl groups is 7. The Balaban J connectivity index is 1.89. The van der Waals surface area contributed by atoms with Gasteiger partial charge < -0.3 is 64.2 Å². The number of rotatable bonds is 32. The predicted molar refractivity (Wildman–Crippen MR) is 224 cm³/mol. The Hall–Kier alpha value is -2.54. The van der Waals surface area contributed by atoms with E-state index in [1.807, 2.05) is 0 Å². The lowest BCUT2D eigenvalue weighted by atomic mass is 9.98. The molecule has 11 atom stereocenters. The highest BCUT2D eigenvalue weighted by molar-refractivity contribution is 5.70. The highest BCUT2D eigenvalue weighted by Crippen LogP contribution is 2.26. The normalized spacial score (nSPS) is 28.0. The van der Waals surface area contributed by atoms with Crippen molar-refractivity contribution in [1.29, 1.82) is 0 Å². The Morgan fingerprint density at radius 3 is 1.65 bits per heavy atom. The molecule has 2 heterocycles. The first kappa shape index (κ1) is 53.6. The molecule has 346 valence electrons. The van der Waals surface area contributed by atoms with Crippen molar-refractivity contribution in [3.63, 3.8) is 0 Å². The number of carbonyl (C=O) groups excluding carboxylic acids is 2. The summed E-state index contributed by atoms with van der Waals surface area (Å²) in [5.41, 5.74) is 0. The summed E-state index contributed by atoms with van der Waals surface area (Å²) in [6.07, 6.45) is 16.0. The molecule has 2 rings (SSSR count). The fraction of sp³-hybridized carbons (Fsp3) is 0.778. The van der Waals surface area contributed by atoms with Crippen LogP contribution in [-0.4, -0.2) is 142 Å². The summed E-state index contributed by atoms with van der Waals surface area (Å²) in [5, 5.41) is 71.8. The maximum absolute atomic E-state index is 12.9. The molecule has 0 radical (unpaired) electrons. The van der Waals surface area contributed by atoms with Gasteiger partial charge in [0.2, 0.25) is 0 Å². The number of hydrogen-bond donors (Lipinski definition) is 7. The minimum atomic E-state index is -1.77. The lowest BCUT2D eigenvalue weighted by Gasteiger charge is -2.42. The lowest BCUT2D eigenvalue weighted by molar-refractivity contribution is -0.332. The van der Waals surface area contributed by atoms with Crippen molar-refractivity contribution in [2.24, 2.45) is 0 Å². The average molecular weight is 857 g/mol. The van der Waals surface area contributed by atoms with Gasteiger partial charge in [-0.25, -0.2) is 0 Å². The number of carbonyl (C=O) groups is 2. The zero-order chi connectivity index (χ0) is 44.0. The van der Waals surface area contributed by atoms with E-state index in [0.717, 1.165) is 57.8 Å². The summed E-state index contributed by atoms with van der Waals surface area (Å²) >= 11 is 0. The van der Waals surface area contributed by atoms with Gasteiger partial charge in [0.15, 0.2) is 18.7 Å². The average Bonchev–Trinajstić information content (AvgIpc) is 3.24. The van der Waals surface area contributed by atoms with Crippen LogP contribution in [0.1, 0.15) is 129 Å². The van der Waals surface area contributed by atoms with Crippen LogP contribution in [-0.2, 0) is 38.0 Å². The van der Waals surface area contributed by atoms with E-state index in [-0.39, 0.29) is 19.4 Å². The van der Waals surface area contributed by atoms with Gasteiger partial charge in [0.1, 0.15) is 55.4 Å². The van der Waals surface area contributed by atoms with Crippen molar-refractivity contribution < 1.29 is 73.8 Å². The van der Waals surface area contributed by atoms with E-state index in [1.165, 1.54) is 32.1 Å². The third kappa shape index (κ3) is 22.0. The largest absolute Gasteiger partial charge is 0.462 e. The summed E-state index contributed by atoms with van der Waals surface area (Å²) in [5.74, 6) is -0.982. The van der Waals surface area contributed by atoms with Crippen LogP contribution < -0.4 is 0 Å². The molecule has 2 aliphatic heterocycles. The van der Waals surface area contributed by atoms with Crippen LogP contribution in [0.25, 0.3) is 0 Å². The van der Waals surface area contributed by atoms with Crippen LogP contribution in [0.4, 0.5) is 0 Å². The van der Waals surface area contributed by atoms with Crippen LogP contribution in [0.2, 0.25) is 0 Å². The molecule has 0 amide bonds. The van der Waals surface area contributed by atoms with Crippen molar-refractivity contribution >= 4 is 11.9 Å². The second-order valence-corrected chi connectivity index (χ2v) is 15.5. The molecule has 0 aromatic carbocycles. The molecule has 2 fully saturated rings. The van der Waals surface area contributed by atoms with E-state index >= 15 is 0 Å². The summed E-state index contributed by atoms with van der Waals surface area (Å²) < 4.78 is 33.3. The Morgan fingerprint density at radius 2 is 1.05 bits per heavy atom. The molecule has 2 saturated heterocycles. The Morgan fingerprint density at radius 1 is 0.550 bits per heavy atom. The first-order valence-electron chi connectivity index (χ1n) is 22.2. The number of ether oxygens (including phenoxy) is 6. The van der Waals surface area contributed by atoms with Gasteiger partial charge in [-0.15, -0.1) is 0 Å². The molecule has 0 bridgehead atoms. The molecule has 7 N–H and O–H groups in total. The van der Waals surface area contributed by atoms with Gasteiger partial charge in [0.05, 0.1) is 19.8 Å². The number of hydrogen-bond acceptors (Lipinski definition) is 15. The van der Waals surface area contributed by atoms with Crippen LogP contribution in [0.3, 0.4) is 0 Å². The van der Waals surface area contributed by atoms with E-state index < -0.39 is 99.3 Å². The molecule has 0 aromatic rings. The molecule has 2 aliphatic rings. The summed E-state index contributed by atoms with van der Waals surface area (Å²) in [7, 11) is 0. The SMILES string of the molecule is CC/C=C\C/C=C\C/C=C\C/C=C\CCCCC(=O)OC(COC(=O)CCCCCCCCCCC)COC1OC(COC2OC(CO)C(O)C(O)C2O)C(O)C(O)C1O. The second kappa shape index (κ2) is 33.1. The summed E-state index contributed by atoms with van der Waals surface area (Å²) in [6, 6.07) is 0. The number of aliphatic hydroxyl groups excluding tert-OH is 7. The van der Waals surface area contributed by atoms with Gasteiger partial charge in [0.25, 0.3) is 0 Å². The molecule has 0 aliphatic carbocycles. The molecule has 15 heteroatoms. The predicted octanol–water partition coefficient (Wildman–Crippen LogP) is 4.37. The first-order valence-corrected chi connectivity index (χ1v) is 22.2. The van der Waals surface area contributed by atoms with Gasteiger partial charge >= 0.3 is 11.9 Å². The van der Waals surface area contributed by atoms with E-state index in [4.69, 9.17) is 28.4 Å². The second-order valence-electron chi connectivity index (χ2n) is 15.5. The quantitative estimate of drug-likeness (QED) is 0.0283. The molecule has 0 saturated carbocycles. The van der Waals surface area contributed by atoms with Gasteiger partial charge in [0, 0.05) is 12.8 Å². The Kier molecular flexibility index (Phi) is 29.5. The minimum Gasteiger partial charge on any atom is -0.462 e. The topological polar surface area (TPSA) is 231 Å². The molecule has 15 nitrogen and oxygen atoms in total. The number of allylic oxidation sites excluding steroid dienone is 8.